The van der Waals surface area contributed by atoms with Crippen LogP contribution >= 0.6 is 11.3 Å². The molecule has 1 aliphatic heterocycles. The average molecular weight is 442 g/mol. The summed E-state index contributed by atoms with van der Waals surface area (Å²) in [5.41, 5.74) is 5.56. The van der Waals surface area contributed by atoms with E-state index in [-0.39, 0.29) is 11.9 Å². The molecule has 2 aromatic rings. The Morgan fingerprint density at radius 2 is 1.90 bits per heavy atom. The van der Waals surface area contributed by atoms with Gasteiger partial charge in [0.1, 0.15) is 5.00 Å². The van der Waals surface area contributed by atoms with Gasteiger partial charge in [-0.1, -0.05) is 12.1 Å². The lowest BCUT2D eigenvalue weighted by Crippen LogP contribution is -2.48. The molecule has 0 atom stereocenters. The Morgan fingerprint density at radius 3 is 2.65 bits per heavy atom. The predicted octanol–water partition coefficient (Wildman–Crippen LogP) is 3.79. The molecular formula is C24H31N3O3S. The van der Waals surface area contributed by atoms with Crippen molar-refractivity contribution in [2.75, 3.05) is 49.5 Å². The smallest absolute Gasteiger partial charge is 0.341 e. The summed E-state index contributed by atoms with van der Waals surface area (Å²) in [4.78, 5) is 31.1. The second-order valence-electron chi connectivity index (χ2n) is 8.31. The minimum atomic E-state index is -0.320. The van der Waals surface area contributed by atoms with E-state index in [4.69, 9.17) is 4.74 Å². The number of benzene rings is 1. The van der Waals surface area contributed by atoms with Crippen LogP contribution in [0.3, 0.4) is 0 Å². The molecule has 1 N–H and O–H groups in total. The van der Waals surface area contributed by atoms with Gasteiger partial charge in [0.2, 0.25) is 5.91 Å². The lowest BCUT2D eigenvalue weighted by atomic mass is 10.1. The highest BCUT2D eigenvalue weighted by molar-refractivity contribution is 7.17. The number of anilines is 2. The molecule has 31 heavy (non-hydrogen) atoms. The second kappa shape index (κ2) is 9.40. The fourth-order valence-electron chi connectivity index (χ4n) is 4.51. The van der Waals surface area contributed by atoms with Gasteiger partial charge in [0.15, 0.2) is 0 Å². The standard InChI is InChI=1S/C24H31N3O3S/c1-4-30-24(29)22-18-8-6-10-20(18)31-23(22)25-21(28)15-26-11-13-27(14-12-26)19-9-5-7-16(2)17(19)3/h5,7,9H,4,6,8,10-15H2,1-3H3,(H,25,28). The lowest BCUT2D eigenvalue weighted by molar-refractivity contribution is -0.117. The molecule has 7 heteroatoms. The van der Waals surface area contributed by atoms with Crippen molar-refractivity contribution in [1.82, 2.24) is 4.90 Å². The van der Waals surface area contributed by atoms with Crippen molar-refractivity contribution in [2.24, 2.45) is 0 Å². The number of thiophene rings is 1. The van der Waals surface area contributed by atoms with Gasteiger partial charge in [-0.15, -0.1) is 11.3 Å². The first-order valence-electron chi connectivity index (χ1n) is 11.1. The first-order chi connectivity index (χ1) is 15.0. The molecule has 166 valence electrons. The molecule has 0 saturated carbocycles. The van der Waals surface area contributed by atoms with Gasteiger partial charge < -0.3 is 15.0 Å². The Balaban J connectivity index is 1.36. The summed E-state index contributed by atoms with van der Waals surface area (Å²) >= 11 is 1.53. The molecule has 2 aliphatic rings. The molecule has 1 aliphatic carbocycles. The van der Waals surface area contributed by atoms with Crippen molar-refractivity contribution >= 4 is 33.9 Å². The van der Waals surface area contributed by atoms with Crippen molar-refractivity contribution < 1.29 is 14.3 Å². The van der Waals surface area contributed by atoms with E-state index >= 15 is 0 Å². The number of rotatable bonds is 6. The molecule has 0 radical (unpaired) electrons. The number of ether oxygens (including phenoxy) is 1. The molecule has 1 amide bonds. The second-order valence-corrected chi connectivity index (χ2v) is 9.42. The molecule has 0 spiro atoms. The van der Waals surface area contributed by atoms with Crippen molar-refractivity contribution in [3.05, 3.63) is 45.3 Å². The third kappa shape index (κ3) is 4.62. The van der Waals surface area contributed by atoms with Gasteiger partial charge in [0.25, 0.3) is 0 Å². The van der Waals surface area contributed by atoms with Crippen LogP contribution in [0.4, 0.5) is 10.7 Å². The minimum absolute atomic E-state index is 0.0642. The zero-order valence-corrected chi connectivity index (χ0v) is 19.4. The predicted molar refractivity (Wildman–Crippen MR) is 125 cm³/mol. The number of hydrogen-bond acceptors (Lipinski definition) is 6. The number of amides is 1. The van der Waals surface area contributed by atoms with Crippen molar-refractivity contribution in [2.45, 2.75) is 40.0 Å². The van der Waals surface area contributed by atoms with Crippen LogP contribution in [0, 0.1) is 13.8 Å². The Labute approximate surface area is 188 Å². The van der Waals surface area contributed by atoms with E-state index in [0.717, 1.165) is 51.0 Å². The highest BCUT2D eigenvalue weighted by Gasteiger charge is 2.29. The summed E-state index contributed by atoms with van der Waals surface area (Å²) in [7, 11) is 0. The quantitative estimate of drug-likeness (QED) is 0.691. The fraction of sp³-hybridized carbons (Fsp3) is 0.500. The van der Waals surface area contributed by atoms with Crippen LogP contribution in [0.15, 0.2) is 18.2 Å². The molecule has 0 bridgehead atoms. The van der Waals surface area contributed by atoms with Crippen molar-refractivity contribution in [3.63, 3.8) is 0 Å². The number of nitrogens with zero attached hydrogens (tertiary/aromatic N) is 2. The van der Waals surface area contributed by atoms with Gasteiger partial charge in [0.05, 0.1) is 18.7 Å². The van der Waals surface area contributed by atoms with Crippen LogP contribution in [0.5, 0.6) is 0 Å². The number of carbonyl (C=O) groups excluding carboxylic acids is 2. The van der Waals surface area contributed by atoms with Crippen molar-refractivity contribution in [1.29, 1.82) is 0 Å². The normalized spacial score (nSPS) is 16.3. The molecule has 1 fully saturated rings. The van der Waals surface area contributed by atoms with Crippen molar-refractivity contribution in [3.8, 4) is 0 Å². The number of hydrogen-bond donors (Lipinski definition) is 1. The summed E-state index contributed by atoms with van der Waals surface area (Å²) in [6.07, 6.45) is 2.92. The fourth-order valence-corrected chi connectivity index (χ4v) is 5.80. The molecule has 6 nitrogen and oxygen atoms in total. The van der Waals surface area contributed by atoms with Crippen LogP contribution in [-0.2, 0) is 22.4 Å². The van der Waals surface area contributed by atoms with E-state index in [9.17, 15) is 9.59 Å². The summed E-state index contributed by atoms with van der Waals surface area (Å²) in [6, 6.07) is 6.43. The number of carbonyl (C=O) groups is 2. The van der Waals surface area contributed by atoms with E-state index < -0.39 is 0 Å². The Morgan fingerprint density at radius 1 is 1.13 bits per heavy atom. The maximum Gasteiger partial charge on any atom is 0.341 e. The van der Waals surface area contributed by atoms with Gasteiger partial charge in [-0.25, -0.2) is 4.79 Å². The summed E-state index contributed by atoms with van der Waals surface area (Å²) in [5, 5.41) is 3.66. The van der Waals surface area contributed by atoms with E-state index in [2.05, 4.69) is 47.2 Å². The maximum absolute atomic E-state index is 12.8. The topological polar surface area (TPSA) is 61.9 Å². The highest BCUT2D eigenvalue weighted by Crippen LogP contribution is 2.39. The van der Waals surface area contributed by atoms with Crippen LogP contribution in [0.25, 0.3) is 0 Å². The Kier molecular flexibility index (Phi) is 6.62. The number of fused-ring (bicyclic) bond motifs is 1. The molecule has 2 heterocycles. The van der Waals surface area contributed by atoms with Gasteiger partial charge in [-0.3, -0.25) is 9.69 Å². The molecule has 1 saturated heterocycles. The lowest BCUT2D eigenvalue weighted by Gasteiger charge is -2.36. The van der Waals surface area contributed by atoms with Gasteiger partial charge in [0, 0.05) is 36.7 Å². The molecule has 1 aromatic carbocycles. The molecule has 4 rings (SSSR count). The molecular weight excluding hydrogens is 410 g/mol. The van der Waals surface area contributed by atoms with Crippen LogP contribution in [0.1, 0.15) is 45.3 Å². The number of piperazine rings is 1. The zero-order valence-electron chi connectivity index (χ0n) is 18.6. The van der Waals surface area contributed by atoms with Crippen LogP contribution in [0.2, 0.25) is 0 Å². The van der Waals surface area contributed by atoms with E-state index in [1.807, 2.05) is 0 Å². The van der Waals surface area contributed by atoms with Gasteiger partial charge >= 0.3 is 5.97 Å². The number of aryl methyl sites for hydroxylation is 2. The van der Waals surface area contributed by atoms with E-state index in [0.29, 0.717) is 23.7 Å². The summed E-state index contributed by atoms with van der Waals surface area (Å²) in [6.45, 7) is 10.3. The zero-order chi connectivity index (χ0) is 22.0. The first kappa shape index (κ1) is 21.8. The highest BCUT2D eigenvalue weighted by atomic mass is 32.1. The SMILES string of the molecule is CCOC(=O)c1c(NC(=O)CN2CCN(c3cccc(C)c3C)CC2)sc2c1CCC2. The largest absolute Gasteiger partial charge is 0.462 e. The average Bonchev–Trinajstić information content (AvgIpc) is 3.31. The molecule has 0 unspecified atom stereocenters. The summed E-state index contributed by atoms with van der Waals surface area (Å²) < 4.78 is 5.26. The maximum atomic E-state index is 12.8. The van der Waals surface area contributed by atoms with E-state index in [1.165, 1.54) is 33.0 Å². The Hall–Kier alpha value is -2.38. The number of esters is 1. The van der Waals surface area contributed by atoms with Crippen LogP contribution < -0.4 is 10.2 Å². The monoisotopic (exact) mass is 441 g/mol. The third-order valence-electron chi connectivity index (χ3n) is 6.31. The Bertz CT molecular complexity index is 977. The van der Waals surface area contributed by atoms with Gasteiger partial charge in [-0.2, -0.15) is 0 Å². The van der Waals surface area contributed by atoms with Crippen LogP contribution in [-0.4, -0.2) is 56.1 Å². The van der Waals surface area contributed by atoms with Gasteiger partial charge in [-0.05, 0) is 62.8 Å². The summed E-state index contributed by atoms with van der Waals surface area (Å²) in [5.74, 6) is -0.384. The minimum Gasteiger partial charge on any atom is -0.462 e. The number of nitrogens with one attached hydrogen (secondary N) is 1. The molecule has 1 aromatic heterocycles. The first-order valence-corrected chi connectivity index (χ1v) is 11.9. The third-order valence-corrected chi connectivity index (χ3v) is 7.52. The van der Waals surface area contributed by atoms with E-state index in [1.54, 1.807) is 6.92 Å².